The number of aryl methyl sites for hydroxylation is 1. The van der Waals surface area contributed by atoms with Crippen molar-refractivity contribution in [2.24, 2.45) is 0 Å². The van der Waals surface area contributed by atoms with E-state index in [0.29, 0.717) is 32.5 Å². The van der Waals surface area contributed by atoms with Crippen molar-refractivity contribution in [3.63, 3.8) is 0 Å². The molecular formula is C27H36FN3O5. The van der Waals surface area contributed by atoms with Crippen LogP contribution >= 0.6 is 0 Å². The standard InChI is InChI=1S/C27H36FN3O5/c1-18(32)6-5-11-29-15-19(22-14-20(28)7-10-23(22)29)16-31(21-8-9-21)25(33)24-17-30(12-13-35-24)26(34)36-27(2,3)4/h7,10,14-15,21,24H,5-6,8-9,11-13,16-17H2,1-4H3. The lowest BCUT2D eigenvalue weighted by Crippen LogP contribution is -2.53. The van der Waals surface area contributed by atoms with Crippen molar-refractivity contribution in [1.82, 2.24) is 14.4 Å². The summed E-state index contributed by atoms with van der Waals surface area (Å²) in [6.07, 6.45) is 3.72. The molecule has 8 nitrogen and oxygen atoms in total. The first-order valence-corrected chi connectivity index (χ1v) is 12.7. The fourth-order valence-electron chi connectivity index (χ4n) is 4.59. The number of hydrogen-bond donors (Lipinski definition) is 0. The molecule has 0 N–H and O–H groups in total. The molecule has 4 rings (SSSR count). The number of fused-ring (bicyclic) bond motifs is 1. The van der Waals surface area contributed by atoms with Gasteiger partial charge in [-0.25, -0.2) is 9.18 Å². The van der Waals surface area contributed by atoms with Gasteiger partial charge in [0.2, 0.25) is 0 Å². The van der Waals surface area contributed by atoms with Gasteiger partial charge in [-0.15, -0.1) is 0 Å². The lowest BCUT2D eigenvalue weighted by atomic mass is 10.1. The molecule has 2 heterocycles. The summed E-state index contributed by atoms with van der Waals surface area (Å²) in [5.74, 6) is -0.367. The van der Waals surface area contributed by atoms with Crippen molar-refractivity contribution in [3.05, 3.63) is 35.8 Å². The first kappa shape index (κ1) is 26.1. The van der Waals surface area contributed by atoms with Crippen LogP contribution < -0.4 is 0 Å². The predicted octanol–water partition coefficient (Wildman–Crippen LogP) is 4.28. The molecule has 1 aromatic heterocycles. The predicted molar refractivity (Wildman–Crippen MR) is 133 cm³/mol. The van der Waals surface area contributed by atoms with E-state index < -0.39 is 17.8 Å². The molecule has 1 saturated heterocycles. The molecule has 196 valence electrons. The van der Waals surface area contributed by atoms with Crippen molar-refractivity contribution < 1.29 is 28.2 Å². The van der Waals surface area contributed by atoms with Crippen LogP contribution in [0.1, 0.15) is 58.9 Å². The molecule has 9 heteroatoms. The van der Waals surface area contributed by atoms with Gasteiger partial charge >= 0.3 is 6.09 Å². The van der Waals surface area contributed by atoms with Gasteiger partial charge in [-0.2, -0.15) is 0 Å². The zero-order chi connectivity index (χ0) is 26.0. The minimum atomic E-state index is -0.771. The molecule has 0 radical (unpaired) electrons. The van der Waals surface area contributed by atoms with Crippen LogP contribution in [0.25, 0.3) is 10.9 Å². The Kier molecular flexibility index (Phi) is 7.68. The normalized spacial score (nSPS) is 18.4. The highest BCUT2D eigenvalue weighted by Crippen LogP contribution is 2.32. The number of hydrogen-bond acceptors (Lipinski definition) is 5. The van der Waals surface area contributed by atoms with E-state index in [1.54, 1.807) is 13.0 Å². The SMILES string of the molecule is CC(=O)CCCn1cc(CN(C(=O)C2CN(C(=O)OC(C)(C)C)CCO2)C2CC2)c2cc(F)ccc21. The first-order chi connectivity index (χ1) is 17.0. The molecule has 0 bridgehead atoms. The van der Waals surface area contributed by atoms with Gasteiger partial charge in [0, 0.05) is 49.2 Å². The van der Waals surface area contributed by atoms with E-state index in [4.69, 9.17) is 9.47 Å². The Morgan fingerprint density at radius 2 is 1.97 bits per heavy atom. The molecule has 2 fully saturated rings. The van der Waals surface area contributed by atoms with E-state index in [9.17, 15) is 18.8 Å². The monoisotopic (exact) mass is 501 g/mol. The number of ether oxygens (including phenoxy) is 2. The van der Waals surface area contributed by atoms with Crippen molar-refractivity contribution in [2.45, 2.75) is 84.2 Å². The van der Waals surface area contributed by atoms with E-state index in [0.717, 1.165) is 29.3 Å². The van der Waals surface area contributed by atoms with Gasteiger partial charge in [-0.05, 0) is 70.7 Å². The largest absolute Gasteiger partial charge is 0.444 e. The quantitative estimate of drug-likeness (QED) is 0.540. The van der Waals surface area contributed by atoms with Crippen LogP contribution in [0.2, 0.25) is 0 Å². The molecule has 1 unspecified atom stereocenters. The van der Waals surface area contributed by atoms with Gasteiger partial charge in [0.25, 0.3) is 5.91 Å². The second-order valence-corrected chi connectivity index (χ2v) is 10.8. The molecule has 1 aliphatic heterocycles. The fourth-order valence-corrected chi connectivity index (χ4v) is 4.59. The third-order valence-electron chi connectivity index (χ3n) is 6.46. The van der Waals surface area contributed by atoms with Gasteiger partial charge in [0.1, 0.15) is 17.2 Å². The summed E-state index contributed by atoms with van der Waals surface area (Å²) < 4.78 is 27.5. The van der Waals surface area contributed by atoms with Gasteiger partial charge in [0.05, 0.1) is 13.2 Å². The van der Waals surface area contributed by atoms with E-state index >= 15 is 0 Å². The number of nitrogens with zero attached hydrogens (tertiary/aromatic N) is 3. The maximum absolute atomic E-state index is 14.2. The summed E-state index contributed by atoms with van der Waals surface area (Å²) in [4.78, 5) is 40.9. The lowest BCUT2D eigenvalue weighted by molar-refractivity contribution is -0.150. The zero-order valence-corrected chi connectivity index (χ0v) is 21.6. The van der Waals surface area contributed by atoms with Crippen LogP contribution in [0.3, 0.4) is 0 Å². The number of aromatic nitrogens is 1. The van der Waals surface area contributed by atoms with Gasteiger partial charge in [-0.3, -0.25) is 4.79 Å². The summed E-state index contributed by atoms with van der Waals surface area (Å²) in [6, 6.07) is 4.78. The number of Topliss-reactive ketones (excluding diaryl/α,β-unsaturated/α-hetero) is 1. The number of carbonyl (C=O) groups is 3. The molecule has 1 saturated carbocycles. The van der Waals surface area contributed by atoms with Crippen molar-refractivity contribution in [2.75, 3.05) is 19.7 Å². The summed E-state index contributed by atoms with van der Waals surface area (Å²) in [6.45, 7) is 8.73. The number of morpholine rings is 1. The highest BCUT2D eigenvalue weighted by molar-refractivity contribution is 5.86. The number of amides is 2. The Morgan fingerprint density at radius 3 is 2.64 bits per heavy atom. The topological polar surface area (TPSA) is 81.1 Å². The lowest BCUT2D eigenvalue weighted by Gasteiger charge is -2.35. The highest BCUT2D eigenvalue weighted by Gasteiger charge is 2.39. The van der Waals surface area contributed by atoms with Crippen LogP contribution in [0.15, 0.2) is 24.4 Å². The summed E-state index contributed by atoms with van der Waals surface area (Å²) >= 11 is 0. The van der Waals surface area contributed by atoms with Crippen molar-refractivity contribution >= 4 is 28.7 Å². The molecule has 2 aromatic rings. The minimum absolute atomic E-state index is 0.0997. The second-order valence-electron chi connectivity index (χ2n) is 10.8. The van der Waals surface area contributed by atoms with Crippen molar-refractivity contribution in [3.8, 4) is 0 Å². The van der Waals surface area contributed by atoms with E-state index in [-0.39, 0.29) is 36.7 Å². The maximum Gasteiger partial charge on any atom is 0.410 e. The number of benzene rings is 1. The second kappa shape index (κ2) is 10.6. The number of carbonyl (C=O) groups excluding carboxylic acids is 3. The minimum Gasteiger partial charge on any atom is -0.444 e. The zero-order valence-electron chi connectivity index (χ0n) is 21.6. The number of rotatable bonds is 8. The Balaban J connectivity index is 1.52. The Labute approximate surface area is 211 Å². The number of halogens is 1. The molecule has 0 spiro atoms. The third kappa shape index (κ3) is 6.43. The summed E-state index contributed by atoms with van der Waals surface area (Å²) in [7, 11) is 0. The number of ketones is 1. The summed E-state index contributed by atoms with van der Waals surface area (Å²) in [5.41, 5.74) is 1.11. The van der Waals surface area contributed by atoms with Crippen LogP contribution in [-0.2, 0) is 32.2 Å². The van der Waals surface area contributed by atoms with E-state index in [2.05, 4.69) is 0 Å². The van der Waals surface area contributed by atoms with Crippen LogP contribution in [0, 0.1) is 5.82 Å². The highest BCUT2D eigenvalue weighted by atomic mass is 19.1. The van der Waals surface area contributed by atoms with Crippen LogP contribution in [-0.4, -0.2) is 69.6 Å². The van der Waals surface area contributed by atoms with Crippen LogP contribution in [0.5, 0.6) is 0 Å². The van der Waals surface area contributed by atoms with E-state index in [1.807, 2.05) is 36.4 Å². The Hall–Kier alpha value is -2.94. The maximum atomic E-state index is 14.2. The van der Waals surface area contributed by atoms with Gasteiger partial charge in [0.15, 0.2) is 6.10 Å². The van der Waals surface area contributed by atoms with Crippen LogP contribution in [0.4, 0.5) is 9.18 Å². The van der Waals surface area contributed by atoms with Gasteiger partial charge < -0.3 is 28.6 Å². The average molecular weight is 502 g/mol. The molecule has 1 aliphatic carbocycles. The average Bonchev–Trinajstić information content (AvgIpc) is 3.59. The van der Waals surface area contributed by atoms with Crippen molar-refractivity contribution in [1.29, 1.82) is 0 Å². The molecular weight excluding hydrogens is 465 g/mol. The van der Waals surface area contributed by atoms with E-state index in [1.165, 1.54) is 17.0 Å². The molecule has 1 atom stereocenters. The molecule has 2 amide bonds. The fraction of sp³-hybridized carbons (Fsp3) is 0.593. The Morgan fingerprint density at radius 1 is 1.22 bits per heavy atom. The smallest absolute Gasteiger partial charge is 0.410 e. The molecule has 2 aliphatic rings. The molecule has 1 aromatic carbocycles. The summed E-state index contributed by atoms with van der Waals surface area (Å²) in [5, 5.41) is 0.760. The third-order valence-corrected chi connectivity index (χ3v) is 6.46. The Bertz CT molecular complexity index is 1130. The first-order valence-electron chi connectivity index (χ1n) is 12.7. The van der Waals surface area contributed by atoms with Gasteiger partial charge in [-0.1, -0.05) is 0 Å². The molecule has 36 heavy (non-hydrogen) atoms.